The molecule has 86 valence electrons. The Bertz CT molecular complexity index is 594. The lowest BCUT2D eigenvalue weighted by molar-refractivity contribution is 0.0950. The number of aryl methyl sites for hydroxylation is 1. The van der Waals surface area contributed by atoms with Crippen molar-refractivity contribution in [2.75, 3.05) is 6.54 Å². The molecule has 17 heavy (non-hydrogen) atoms. The molecule has 5 nitrogen and oxygen atoms in total. The van der Waals surface area contributed by atoms with Gasteiger partial charge in [0.25, 0.3) is 5.91 Å². The third-order valence-electron chi connectivity index (χ3n) is 2.50. The van der Waals surface area contributed by atoms with Gasteiger partial charge in [-0.15, -0.1) is 0 Å². The highest BCUT2D eigenvalue weighted by molar-refractivity contribution is 6.04. The van der Waals surface area contributed by atoms with Crippen LogP contribution in [0.4, 0.5) is 0 Å². The number of carbonyl (C=O) groups excluding carboxylic acids is 1. The van der Waals surface area contributed by atoms with E-state index in [4.69, 9.17) is 5.26 Å². The quantitative estimate of drug-likeness (QED) is 0.803. The van der Waals surface area contributed by atoms with Crippen LogP contribution in [-0.4, -0.2) is 22.2 Å². The fraction of sp³-hybridized carbons (Fsp3) is 0.250. The Kier molecular flexibility index (Phi) is 3.06. The van der Waals surface area contributed by atoms with E-state index in [9.17, 15) is 4.79 Å². The van der Waals surface area contributed by atoms with Crippen molar-refractivity contribution >= 4 is 16.8 Å². The number of nitrogens with one attached hydrogen (secondary N) is 1. The number of amides is 1. The van der Waals surface area contributed by atoms with Crippen LogP contribution in [0.5, 0.6) is 0 Å². The van der Waals surface area contributed by atoms with Crippen molar-refractivity contribution in [3.8, 4) is 6.07 Å². The summed E-state index contributed by atoms with van der Waals surface area (Å²) in [4.78, 5) is 11.9. The average molecular weight is 228 g/mol. The maximum Gasteiger partial charge on any atom is 0.272 e. The number of hydrogen-bond donors (Lipinski definition) is 1. The second-order valence-corrected chi connectivity index (χ2v) is 3.65. The van der Waals surface area contributed by atoms with Gasteiger partial charge in [-0.3, -0.25) is 9.48 Å². The molecule has 2 rings (SSSR count). The summed E-state index contributed by atoms with van der Waals surface area (Å²) in [5, 5.41) is 16.1. The van der Waals surface area contributed by atoms with E-state index >= 15 is 0 Å². The number of hydrogen-bond acceptors (Lipinski definition) is 3. The lowest BCUT2D eigenvalue weighted by Gasteiger charge is -1.99. The Hall–Kier alpha value is -2.35. The van der Waals surface area contributed by atoms with E-state index in [1.165, 1.54) is 0 Å². The number of para-hydroxylation sites is 1. The molecule has 1 aromatic heterocycles. The second kappa shape index (κ2) is 4.66. The first-order chi connectivity index (χ1) is 8.24. The molecule has 1 N–H and O–H groups in total. The number of aromatic nitrogens is 2. The van der Waals surface area contributed by atoms with Gasteiger partial charge in [-0.25, -0.2) is 0 Å². The van der Waals surface area contributed by atoms with Crippen LogP contribution in [0.2, 0.25) is 0 Å². The molecule has 0 bridgehead atoms. The van der Waals surface area contributed by atoms with Crippen molar-refractivity contribution < 1.29 is 4.79 Å². The molecule has 0 aliphatic heterocycles. The largest absolute Gasteiger partial charge is 0.350 e. The van der Waals surface area contributed by atoms with Gasteiger partial charge in [0, 0.05) is 19.0 Å². The van der Waals surface area contributed by atoms with Gasteiger partial charge in [0.15, 0.2) is 5.69 Å². The van der Waals surface area contributed by atoms with Gasteiger partial charge >= 0.3 is 0 Å². The number of nitriles is 1. The maximum absolute atomic E-state index is 11.9. The van der Waals surface area contributed by atoms with Crippen LogP contribution in [0.3, 0.4) is 0 Å². The number of fused-ring (bicyclic) bond motifs is 1. The molecule has 1 heterocycles. The first-order valence-electron chi connectivity index (χ1n) is 5.31. The Labute approximate surface area is 98.6 Å². The zero-order valence-electron chi connectivity index (χ0n) is 9.47. The van der Waals surface area contributed by atoms with E-state index in [-0.39, 0.29) is 5.91 Å². The van der Waals surface area contributed by atoms with Crippen LogP contribution < -0.4 is 5.32 Å². The van der Waals surface area contributed by atoms with E-state index in [0.29, 0.717) is 18.7 Å². The van der Waals surface area contributed by atoms with Crippen LogP contribution in [-0.2, 0) is 7.05 Å². The number of rotatable bonds is 3. The summed E-state index contributed by atoms with van der Waals surface area (Å²) < 4.78 is 1.68. The molecule has 0 spiro atoms. The van der Waals surface area contributed by atoms with Crippen molar-refractivity contribution in [2.24, 2.45) is 7.05 Å². The summed E-state index contributed by atoms with van der Waals surface area (Å²) in [6.07, 6.45) is 0.302. The van der Waals surface area contributed by atoms with Crippen molar-refractivity contribution in [3.63, 3.8) is 0 Å². The summed E-state index contributed by atoms with van der Waals surface area (Å²) in [5.41, 5.74) is 1.32. The Balaban J connectivity index is 2.30. The predicted molar refractivity (Wildman–Crippen MR) is 63.3 cm³/mol. The summed E-state index contributed by atoms with van der Waals surface area (Å²) in [5.74, 6) is -0.239. The Morgan fingerprint density at radius 1 is 1.53 bits per heavy atom. The van der Waals surface area contributed by atoms with E-state index in [0.717, 1.165) is 10.9 Å². The molecular weight excluding hydrogens is 216 g/mol. The maximum atomic E-state index is 11.9. The fourth-order valence-corrected chi connectivity index (χ4v) is 1.70. The van der Waals surface area contributed by atoms with Crippen LogP contribution >= 0.6 is 0 Å². The predicted octanol–water partition coefficient (Wildman–Crippen LogP) is 1.22. The van der Waals surface area contributed by atoms with E-state index in [1.807, 2.05) is 30.3 Å². The van der Waals surface area contributed by atoms with Crippen molar-refractivity contribution in [1.29, 1.82) is 5.26 Å². The number of nitrogens with zero attached hydrogens (tertiary/aromatic N) is 3. The Morgan fingerprint density at radius 2 is 2.29 bits per heavy atom. The summed E-state index contributed by atoms with van der Waals surface area (Å²) >= 11 is 0. The molecule has 0 radical (unpaired) electrons. The topological polar surface area (TPSA) is 70.7 Å². The molecule has 0 saturated heterocycles. The number of carbonyl (C=O) groups is 1. The van der Waals surface area contributed by atoms with Gasteiger partial charge < -0.3 is 5.32 Å². The number of benzene rings is 1. The Morgan fingerprint density at radius 3 is 3.06 bits per heavy atom. The molecule has 0 unspecified atom stereocenters. The van der Waals surface area contributed by atoms with Gasteiger partial charge in [0.2, 0.25) is 0 Å². The van der Waals surface area contributed by atoms with Crippen LogP contribution in [0, 0.1) is 11.3 Å². The van der Waals surface area contributed by atoms with Crippen LogP contribution in [0.25, 0.3) is 10.9 Å². The summed E-state index contributed by atoms with van der Waals surface area (Å²) in [7, 11) is 1.80. The van der Waals surface area contributed by atoms with Gasteiger partial charge in [-0.1, -0.05) is 18.2 Å². The zero-order valence-corrected chi connectivity index (χ0v) is 9.47. The monoisotopic (exact) mass is 228 g/mol. The minimum atomic E-state index is -0.239. The molecule has 5 heteroatoms. The molecule has 1 amide bonds. The SMILES string of the molecule is Cn1nc(C(=O)NCCC#N)c2ccccc21. The minimum Gasteiger partial charge on any atom is -0.350 e. The van der Waals surface area contributed by atoms with Crippen molar-refractivity contribution in [2.45, 2.75) is 6.42 Å². The standard InChI is InChI=1S/C12H12N4O/c1-16-10-6-3-2-5-9(10)11(15-16)12(17)14-8-4-7-13/h2-3,5-6H,4,8H2,1H3,(H,14,17). The molecule has 0 saturated carbocycles. The highest BCUT2D eigenvalue weighted by Crippen LogP contribution is 2.16. The smallest absolute Gasteiger partial charge is 0.272 e. The lowest BCUT2D eigenvalue weighted by atomic mass is 10.2. The van der Waals surface area contributed by atoms with Gasteiger partial charge in [0.05, 0.1) is 18.0 Å². The molecule has 1 aromatic carbocycles. The minimum absolute atomic E-state index is 0.239. The zero-order chi connectivity index (χ0) is 12.3. The molecule has 0 aliphatic rings. The van der Waals surface area contributed by atoms with Gasteiger partial charge in [0.1, 0.15) is 0 Å². The van der Waals surface area contributed by atoms with E-state index in [2.05, 4.69) is 10.4 Å². The van der Waals surface area contributed by atoms with Gasteiger partial charge in [-0.2, -0.15) is 10.4 Å². The van der Waals surface area contributed by atoms with E-state index in [1.54, 1.807) is 11.7 Å². The lowest BCUT2D eigenvalue weighted by Crippen LogP contribution is -2.24. The third kappa shape index (κ3) is 2.11. The first kappa shape index (κ1) is 11.1. The average Bonchev–Trinajstić information content (AvgIpc) is 2.68. The third-order valence-corrected chi connectivity index (χ3v) is 2.50. The van der Waals surface area contributed by atoms with Gasteiger partial charge in [-0.05, 0) is 6.07 Å². The summed E-state index contributed by atoms with van der Waals surface area (Å²) in [6.45, 7) is 0.347. The molecule has 0 atom stereocenters. The highest BCUT2D eigenvalue weighted by Gasteiger charge is 2.14. The second-order valence-electron chi connectivity index (χ2n) is 3.65. The molecule has 2 aromatic rings. The highest BCUT2D eigenvalue weighted by atomic mass is 16.1. The molecule has 0 aliphatic carbocycles. The summed E-state index contributed by atoms with van der Waals surface area (Å²) in [6, 6.07) is 9.53. The molecular formula is C12H12N4O. The van der Waals surface area contributed by atoms with Crippen LogP contribution in [0.1, 0.15) is 16.9 Å². The normalized spacial score (nSPS) is 10.1. The van der Waals surface area contributed by atoms with Crippen molar-refractivity contribution in [1.82, 2.24) is 15.1 Å². The van der Waals surface area contributed by atoms with Crippen molar-refractivity contribution in [3.05, 3.63) is 30.0 Å². The van der Waals surface area contributed by atoms with Crippen LogP contribution in [0.15, 0.2) is 24.3 Å². The molecule has 0 fully saturated rings. The first-order valence-corrected chi connectivity index (χ1v) is 5.31. The van der Waals surface area contributed by atoms with E-state index < -0.39 is 0 Å². The fourth-order valence-electron chi connectivity index (χ4n) is 1.70.